The lowest BCUT2D eigenvalue weighted by atomic mass is 9.88. The lowest BCUT2D eigenvalue weighted by Crippen LogP contribution is -2.43. The normalized spacial score (nSPS) is 12.8. The van der Waals surface area contributed by atoms with Crippen molar-refractivity contribution in [1.29, 1.82) is 0 Å². The van der Waals surface area contributed by atoms with Gasteiger partial charge in [-0.25, -0.2) is 4.79 Å². The minimum absolute atomic E-state index is 0.0150. The number of aliphatic carboxylic acids is 1. The summed E-state index contributed by atoms with van der Waals surface area (Å²) in [5, 5.41) is 12.0. The van der Waals surface area contributed by atoms with Gasteiger partial charge in [-0.2, -0.15) is 0 Å². The van der Waals surface area contributed by atoms with Gasteiger partial charge in [-0.3, -0.25) is 9.59 Å². The smallest absolute Gasteiger partial charge is 0.326 e. The van der Waals surface area contributed by atoms with Crippen molar-refractivity contribution in [2.45, 2.75) is 18.9 Å². The molecule has 4 N–H and O–H groups in total. The second-order valence-corrected chi connectivity index (χ2v) is 5.97. The third-order valence-electron chi connectivity index (χ3n) is 4.10. The fourth-order valence-corrected chi connectivity index (χ4v) is 2.73. The number of carbonyl (C=O) groups excluding carboxylic acids is 2. The Hall–Kier alpha value is -2.99. The summed E-state index contributed by atoms with van der Waals surface area (Å²) in [6.07, 6.45) is 0.331. The molecule has 0 aliphatic rings. The maximum atomic E-state index is 12.7. The third kappa shape index (κ3) is 5.26. The first-order chi connectivity index (χ1) is 12.5. The van der Waals surface area contributed by atoms with Crippen LogP contribution in [0.2, 0.25) is 0 Å². The molecule has 0 radical (unpaired) electrons. The zero-order chi connectivity index (χ0) is 18.9. The third-order valence-corrected chi connectivity index (χ3v) is 4.10. The highest BCUT2D eigenvalue weighted by atomic mass is 16.4. The molecule has 0 aromatic heterocycles. The van der Waals surface area contributed by atoms with Crippen molar-refractivity contribution in [1.82, 2.24) is 5.32 Å². The van der Waals surface area contributed by atoms with Crippen molar-refractivity contribution in [3.05, 3.63) is 71.8 Å². The number of carboxylic acids is 1. The van der Waals surface area contributed by atoms with E-state index in [1.165, 1.54) is 0 Å². The van der Waals surface area contributed by atoms with Crippen molar-refractivity contribution in [3.63, 3.8) is 0 Å². The Morgan fingerprint density at radius 1 is 0.923 bits per heavy atom. The number of benzene rings is 2. The molecule has 0 spiro atoms. The van der Waals surface area contributed by atoms with Crippen LogP contribution in [0.5, 0.6) is 0 Å². The van der Waals surface area contributed by atoms with E-state index in [0.29, 0.717) is 17.5 Å². The highest BCUT2D eigenvalue weighted by Crippen LogP contribution is 2.18. The predicted octanol–water partition coefficient (Wildman–Crippen LogP) is 2.11. The maximum Gasteiger partial charge on any atom is 0.326 e. The van der Waals surface area contributed by atoms with Crippen LogP contribution in [-0.4, -0.2) is 35.4 Å². The zero-order valence-electron chi connectivity index (χ0n) is 14.3. The van der Waals surface area contributed by atoms with Crippen LogP contribution in [-0.2, 0) is 4.79 Å². The van der Waals surface area contributed by atoms with Crippen LogP contribution in [0.3, 0.4) is 0 Å². The fourth-order valence-electron chi connectivity index (χ4n) is 2.73. The summed E-state index contributed by atoms with van der Waals surface area (Å²) in [4.78, 5) is 36.6. The summed E-state index contributed by atoms with van der Waals surface area (Å²) >= 11 is 0. The van der Waals surface area contributed by atoms with Crippen LogP contribution in [0.25, 0.3) is 0 Å². The minimum Gasteiger partial charge on any atom is -0.480 e. The Morgan fingerprint density at radius 2 is 1.46 bits per heavy atom. The average Bonchev–Trinajstić information content (AvgIpc) is 2.67. The minimum atomic E-state index is -1.18. The molecule has 2 atom stereocenters. The van der Waals surface area contributed by atoms with E-state index in [1.807, 2.05) is 0 Å². The summed E-state index contributed by atoms with van der Waals surface area (Å²) in [5.74, 6) is -2.43. The second kappa shape index (κ2) is 9.48. The Bertz CT molecular complexity index is 747. The first kappa shape index (κ1) is 19.3. The van der Waals surface area contributed by atoms with Crippen LogP contribution in [0.4, 0.5) is 0 Å². The Morgan fingerprint density at radius 3 is 1.96 bits per heavy atom. The molecular formula is C20H22N2O4. The Kier molecular flexibility index (Phi) is 7.05. The summed E-state index contributed by atoms with van der Waals surface area (Å²) in [7, 11) is 0. The van der Waals surface area contributed by atoms with Gasteiger partial charge in [-0.05, 0) is 31.5 Å². The largest absolute Gasteiger partial charge is 0.480 e. The van der Waals surface area contributed by atoms with Crippen molar-refractivity contribution < 1.29 is 19.5 Å². The number of ketones is 1. The van der Waals surface area contributed by atoms with Crippen LogP contribution in [0.15, 0.2) is 60.7 Å². The molecule has 26 heavy (non-hydrogen) atoms. The number of rotatable bonds is 9. The standard InChI is InChI=1S/C20H22N2O4/c21-12-11-16(18(23)14-7-3-1-4-8-14)13-17(20(25)26)22-19(24)15-9-5-2-6-10-15/h1-10,16-17H,11-13,21H2,(H,22,24)(H,25,26)/t16?,17-/m0/s1. The van der Waals surface area contributed by atoms with Gasteiger partial charge in [0.2, 0.25) is 0 Å². The number of hydrogen-bond acceptors (Lipinski definition) is 4. The van der Waals surface area contributed by atoms with Crippen molar-refractivity contribution in [3.8, 4) is 0 Å². The van der Waals surface area contributed by atoms with Crippen LogP contribution < -0.4 is 11.1 Å². The SMILES string of the molecule is NCCC(C[C@H](NC(=O)c1ccccc1)C(=O)O)C(=O)c1ccccc1. The van der Waals surface area contributed by atoms with Crippen LogP contribution in [0.1, 0.15) is 33.6 Å². The first-order valence-electron chi connectivity index (χ1n) is 8.41. The van der Waals surface area contributed by atoms with E-state index >= 15 is 0 Å². The zero-order valence-corrected chi connectivity index (χ0v) is 14.3. The monoisotopic (exact) mass is 354 g/mol. The molecule has 0 heterocycles. The van der Waals surface area contributed by atoms with E-state index in [9.17, 15) is 19.5 Å². The van der Waals surface area contributed by atoms with E-state index in [0.717, 1.165) is 0 Å². The summed E-state index contributed by atoms with van der Waals surface area (Å²) in [6.45, 7) is 0.252. The van der Waals surface area contributed by atoms with Crippen LogP contribution >= 0.6 is 0 Å². The van der Waals surface area contributed by atoms with E-state index < -0.39 is 23.8 Å². The van der Waals surface area contributed by atoms with E-state index in [1.54, 1.807) is 60.7 Å². The van der Waals surface area contributed by atoms with Gasteiger partial charge in [0.05, 0.1) is 0 Å². The number of nitrogens with one attached hydrogen (secondary N) is 1. The molecule has 2 aromatic carbocycles. The van der Waals surface area contributed by atoms with Gasteiger partial charge >= 0.3 is 5.97 Å². The number of carbonyl (C=O) groups is 3. The Labute approximate surface area is 152 Å². The van der Waals surface area contributed by atoms with Crippen LogP contribution in [0, 0.1) is 5.92 Å². The molecule has 0 aliphatic carbocycles. The summed E-state index contributed by atoms with van der Waals surface area (Å²) in [6, 6.07) is 15.8. The molecule has 0 aliphatic heterocycles. The second-order valence-electron chi connectivity index (χ2n) is 5.97. The van der Waals surface area contributed by atoms with Gasteiger partial charge in [0.1, 0.15) is 6.04 Å². The number of carboxylic acid groups (broad SMARTS) is 1. The van der Waals surface area contributed by atoms with E-state index in [-0.39, 0.29) is 18.7 Å². The topological polar surface area (TPSA) is 109 Å². The number of hydrogen-bond donors (Lipinski definition) is 3. The molecule has 2 rings (SSSR count). The molecule has 6 heteroatoms. The van der Waals surface area contributed by atoms with Gasteiger partial charge in [0.15, 0.2) is 5.78 Å². The molecule has 1 amide bonds. The molecular weight excluding hydrogens is 332 g/mol. The molecule has 0 fully saturated rings. The highest BCUT2D eigenvalue weighted by Gasteiger charge is 2.28. The molecule has 1 unspecified atom stereocenters. The Balaban J connectivity index is 2.13. The molecule has 0 saturated heterocycles. The van der Waals surface area contributed by atoms with Gasteiger partial charge in [-0.1, -0.05) is 48.5 Å². The maximum absolute atomic E-state index is 12.7. The first-order valence-corrected chi connectivity index (χ1v) is 8.41. The summed E-state index contributed by atoms with van der Waals surface area (Å²) < 4.78 is 0. The summed E-state index contributed by atoms with van der Waals surface area (Å²) in [5.41, 5.74) is 6.47. The van der Waals surface area contributed by atoms with E-state index in [4.69, 9.17) is 5.73 Å². The lowest BCUT2D eigenvalue weighted by Gasteiger charge is -2.21. The number of nitrogens with two attached hydrogens (primary N) is 1. The predicted molar refractivity (Wildman–Crippen MR) is 97.9 cm³/mol. The highest BCUT2D eigenvalue weighted by molar-refractivity contribution is 5.99. The van der Waals surface area contributed by atoms with Crippen molar-refractivity contribution in [2.75, 3.05) is 6.54 Å². The fraction of sp³-hybridized carbons (Fsp3) is 0.250. The lowest BCUT2D eigenvalue weighted by molar-refractivity contribution is -0.139. The van der Waals surface area contributed by atoms with Crippen molar-refractivity contribution >= 4 is 17.7 Å². The van der Waals surface area contributed by atoms with E-state index in [2.05, 4.69) is 5.32 Å². The molecule has 6 nitrogen and oxygen atoms in total. The number of amides is 1. The quantitative estimate of drug-likeness (QED) is 0.598. The molecule has 2 aromatic rings. The molecule has 0 bridgehead atoms. The number of Topliss-reactive ketones (excluding diaryl/α,β-unsaturated/α-hetero) is 1. The molecule has 0 saturated carbocycles. The van der Waals surface area contributed by atoms with Gasteiger partial charge in [0.25, 0.3) is 5.91 Å². The average molecular weight is 354 g/mol. The van der Waals surface area contributed by atoms with Crippen molar-refractivity contribution in [2.24, 2.45) is 11.7 Å². The molecule has 136 valence electrons. The van der Waals surface area contributed by atoms with Gasteiger partial charge in [0, 0.05) is 17.0 Å². The van der Waals surface area contributed by atoms with Gasteiger partial charge in [-0.15, -0.1) is 0 Å². The van der Waals surface area contributed by atoms with Gasteiger partial charge < -0.3 is 16.2 Å².